The summed E-state index contributed by atoms with van der Waals surface area (Å²) in [4.78, 5) is 13.0. The molecule has 6 atom stereocenters. The lowest BCUT2D eigenvalue weighted by Gasteiger charge is -2.41. The maximum absolute atomic E-state index is 13.0. The first kappa shape index (κ1) is 68.1. The Balaban J connectivity index is 2.29. The zero-order chi connectivity index (χ0) is 52.4. The summed E-state index contributed by atoms with van der Waals surface area (Å²) in [6.07, 6.45) is 54.3. The van der Waals surface area contributed by atoms with Crippen LogP contribution in [0.1, 0.15) is 258 Å². The minimum atomic E-state index is -5.07. The topological polar surface area (TPSA) is 178 Å². The van der Waals surface area contributed by atoms with E-state index in [9.17, 15) is 33.1 Å². The van der Waals surface area contributed by atoms with Crippen molar-refractivity contribution in [2.24, 2.45) is 0 Å². The second-order valence-electron chi connectivity index (χ2n) is 20.2. The first-order valence-corrected chi connectivity index (χ1v) is 30.8. The van der Waals surface area contributed by atoms with Crippen LogP contribution in [0, 0.1) is 0 Å². The molecule has 0 aromatic rings. The van der Waals surface area contributed by atoms with Crippen LogP contribution in [0.4, 0.5) is 0 Å². The molecule has 1 heterocycles. The summed E-state index contributed by atoms with van der Waals surface area (Å²) in [6, 6.07) is 0. The lowest BCUT2D eigenvalue weighted by atomic mass is 9.99. The number of carbonyl (C=O) groups is 1. The average Bonchev–Trinajstić information content (AvgIpc) is 3.36. The van der Waals surface area contributed by atoms with Gasteiger partial charge in [0.05, 0.1) is 19.8 Å². The highest BCUT2D eigenvalue weighted by atomic mass is 32.3. The van der Waals surface area contributed by atoms with Crippen LogP contribution in [0.3, 0.4) is 0 Å². The van der Waals surface area contributed by atoms with E-state index < -0.39 is 59.8 Å². The number of rotatable bonds is 52. The molecular formula is C59H108O12S. The number of unbranched alkanes of at least 4 members (excludes halogenated alkanes) is 31. The van der Waals surface area contributed by atoms with Gasteiger partial charge in [-0.2, -0.15) is 8.42 Å². The molecule has 0 amide bonds. The largest absolute Gasteiger partial charge is 0.457 e. The van der Waals surface area contributed by atoms with Crippen molar-refractivity contribution in [1.29, 1.82) is 0 Å². The van der Waals surface area contributed by atoms with Crippen LogP contribution in [0.2, 0.25) is 0 Å². The highest BCUT2D eigenvalue weighted by Crippen LogP contribution is 2.26. The molecule has 0 spiro atoms. The van der Waals surface area contributed by atoms with Gasteiger partial charge >= 0.3 is 16.4 Å². The van der Waals surface area contributed by atoms with Gasteiger partial charge in [0.2, 0.25) is 0 Å². The van der Waals surface area contributed by atoms with Crippen LogP contribution in [0.25, 0.3) is 0 Å². The van der Waals surface area contributed by atoms with E-state index in [4.69, 9.17) is 18.9 Å². The molecule has 1 saturated heterocycles. The van der Waals surface area contributed by atoms with E-state index in [2.05, 4.69) is 66.6 Å². The van der Waals surface area contributed by atoms with Crippen molar-refractivity contribution in [3.05, 3.63) is 48.6 Å². The van der Waals surface area contributed by atoms with Gasteiger partial charge in [-0.1, -0.05) is 223 Å². The molecule has 0 saturated carbocycles. The zero-order valence-electron chi connectivity index (χ0n) is 45.7. The number of hydrogen-bond donors (Lipinski definition) is 4. The van der Waals surface area contributed by atoms with E-state index in [1.165, 1.54) is 173 Å². The van der Waals surface area contributed by atoms with Crippen molar-refractivity contribution in [3.63, 3.8) is 0 Å². The molecule has 72 heavy (non-hydrogen) atoms. The molecule has 1 fully saturated rings. The molecule has 0 aliphatic carbocycles. The van der Waals surface area contributed by atoms with Crippen molar-refractivity contribution in [1.82, 2.24) is 0 Å². The molecular weight excluding hydrogens is 933 g/mol. The third-order valence-electron chi connectivity index (χ3n) is 13.4. The van der Waals surface area contributed by atoms with E-state index >= 15 is 0 Å². The first-order chi connectivity index (χ1) is 35.1. The van der Waals surface area contributed by atoms with Crippen molar-refractivity contribution < 1.29 is 56.2 Å². The molecule has 0 aromatic carbocycles. The van der Waals surface area contributed by atoms with E-state index in [-0.39, 0.29) is 19.6 Å². The summed E-state index contributed by atoms with van der Waals surface area (Å²) < 4.78 is 59.4. The second-order valence-corrected chi connectivity index (χ2v) is 21.3. The van der Waals surface area contributed by atoms with Gasteiger partial charge in [-0.25, -0.2) is 4.18 Å². The van der Waals surface area contributed by atoms with E-state index in [0.717, 1.165) is 57.8 Å². The van der Waals surface area contributed by atoms with Crippen LogP contribution < -0.4 is 0 Å². The smallest absolute Gasteiger partial charge is 0.397 e. The summed E-state index contributed by atoms with van der Waals surface area (Å²) in [5.74, 6) is -0.400. The Morgan fingerprint density at radius 3 is 1.38 bits per heavy atom. The Bertz CT molecular complexity index is 1430. The normalized spacial score (nSPS) is 19.2. The summed E-state index contributed by atoms with van der Waals surface area (Å²) >= 11 is 0. The minimum absolute atomic E-state index is 0.0299. The Labute approximate surface area is 440 Å². The molecule has 13 heteroatoms. The number of carbonyl (C=O) groups excluding carboxylic acids is 1. The maximum Gasteiger partial charge on any atom is 0.397 e. The van der Waals surface area contributed by atoms with Gasteiger partial charge in [0.15, 0.2) is 6.29 Å². The number of aliphatic hydroxyl groups is 3. The van der Waals surface area contributed by atoms with Crippen molar-refractivity contribution in [2.75, 3.05) is 26.4 Å². The lowest BCUT2D eigenvalue weighted by Crippen LogP contribution is -2.60. The van der Waals surface area contributed by atoms with Crippen molar-refractivity contribution in [3.8, 4) is 0 Å². The summed E-state index contributed by atoms with van der Waals surface area (Å²) in [7, 11) is -5.07. The monoisotopic (exact) mass is 1040 g/mol. The summed E-state index contributed by atoms with van der Waals surface area (Å²) in [5, 5.41) is 30.8. The van der Waals surface area contributed by atoms with Gasteiger partial charge in [0, 0.05) is 13.0 Å². The fraction of sp³-hybridized carbons (Fsp3) is 0.847. The number of aliphatic hydroxyl groups excluding tert-OH is 3. The quantitative estimate of drug-likeness (QED) is 0.0196. The van der Waals surface area contributed by atoms with Crippen LogP contribution >= 0.6 is 0 Å². The average molecular weight is 1040 g/mol. The van der Waals surface area contributed by atoms with Crippen LogP contribution in [-0.4, -0.2) is 97.5 Å². The number of ether oxygens (including phenoxy) is 4. The van der Waals surface area contributed by atoms with Gasteiger partial charge in [-0.15, -0.1) is 0 Å². The molecule has 0 radical (unpaired) electrons. The van der Waals surface area contributed by atoms with Gasteiger partial charge in [0.25, 0.3) is 0 Å². The van der Waals surface area contributed by atoms with Gasteiger partial charge in [-0.05, 0) is 77.0 Å². The minimum Gasteiger partial charge on any atom is -0.457 e. The molecule has 0 aromatic heterocycles. The molecule has 1 aliphatic rings. The van der Waals surface area contributed by atoms with E-state index in [1.54, 1.807) is 0 Å². The Kier molecular flexibility index (Phi) is 47.2. The molecule has 6 unspecified atom stereocenters. The Morgan fingerprint density at radius 1 is 0.528 bits per heavy atom. The highest BCUT2D eigenvalue weighted by molar-refractivity contribution is 7.80. The highest BCUT2D eigenvalue weighted by Gasteiger charge is 2.48. The van der Waals surface area contributed by atoms with Gasteiger partial charge < -0.3 is 34.3 Å². The Morgan fingerprint density at radius 2 is 0.917 bits per heavy atom. The predicted molar refractivity (Wildman–Crippen MR) is 294 cm³/mol. The zero-order valence-corrected chi connectivity index (χ0v) is 46.6. The van der Waals surface area contributed by atoms with Gasteiger partial charge in [0.1, 0.15) is 30.5 Å². The molecule has 12 nitrogen and oxygen atoms in total. The Hall–Kier alpha value is -1.94. The van der Waals surface area contributed by atoms with Gasteiger partial charge in [-0.3, -0.25) is 9.35 Å². The fourth-order valence-electron chi connectivity index (χ4n) is 8.97. The molecule has 1 rings (SSSR count). The molecule has 1 aliphatic heterocycles. The fourth-order valence-corrected chi connectivity index (χ4v) is 9.48. The molecule has 422 valence electrons. The van der Waals surface area contributed by atoms with Crippen LogP contribution in [0.15, 0.2) is 48.6 Å². The second kappa shape index (κ2) is 49.9. The van der Waals surface area contributed by atoms with E-state index in [1.807, 2.05) is 0 Å². The summed E-state index contributed by atoms with van der Waals surface area (Å²) in [5.41, 5.74) is 0. The number of hydrogen-bond acceptors (Lipinski definition) is 11. The SMILES string of the molecule is CCCCC/C=C\C/C=C\C/C=C\CCCCCCCCCOCC(COC1OC(CO)C(O)C(OS(=O)(=O)O)C1O)OC(=O)CCCCCCCCCCCCCCC/C=C\CCCCCCCCCC. The van der Waals surface area contributed by atoms with E-state index in [0.29, 0.717) is 13.0 Å². The number of allylic oxidation sites excluding steroid dienone is 8. The third-order valence-corrected chi connectivity index (χ3v) is 13.9. The maximum atomic E-state index is 13.0. The van der Waals surface area contributed by atoms with Crippen LogP contribution in [0.5, 0.6) is 0 Å². The molecule has 0 bridgehead atoms. The first-order valence-electron chi connectivity index (χ1n) is 29.4. The molecule has 4 N–H and O–H groups in total. The van der Waals surface area contributed by atoms with Crippen LogP contribution in [-0.2, 0) is 38.3 Å². The number of esters is 1. The van der Waals surface area contributed by atoms with Crippen molar-refractivity contribution >= 4 is 16.4 Å². The standard InChI is InChI=1S/C59H108O12S/c1-3-5-7-9-11-13-15-17-19-21-23-25-26-27-28-29-30-32-34-36-38-40-42-44-46-48-55(61)69-53(52-68-59-57(63)58(71-72(64,65)66)56(62)54(50-60)70-59)51-67-49-47-45-43-41-39-37-35-33-31-24-22-20-18-16-14-12-10-8-6-4-2/h12,14,18,20-21,23-24,31,53-54,56-60,62-63H,3-11,13,15-17,19,22,25-30,32-52H2,1-2H3,(H,64,65,66)/b14-12-,20-18-,23-21-,31-24-. The summed E-state index contributed by atoms with van der Waals surface area (Å²) in [6.45, 7) is 3.98. The third kappa shape index (κ3) is 42.3. The predicted octanol–water partition coefficient (Wildman–Crippen LogP) is 14.6. The van der Waals surface area contributed by atoms with Crippen molar-refractivity contribution in [2.45, 2.75) is 295 Å². The lowest BCUT2D eigenvalue weighted by molar-refractivity contribution is -0.301.